The highest BCUT2D eigenvalue weighted by molar-refractivity contribution is 5.87. The molecule has 0 fully saturated rings. The SMILES string of the molecule is COc1cccc(C(C)NC(=O)C(C)(N)c2ccccc2)c1.Cl. The van der Waals surface area contributed by atoms with Crippen molar-refractivity contribution < 1.29 is 9.53 Å². The van der Waals surface area contributed by atoms with Crippen molar-refractivity contribution >= 4 is 18.3 Å². The molecular weight excluding hydrogens is 312 g/mol. The van der Waals surface area contributed by atoms with Gasteiger partial charge in [0.1, 0.15) is 11.3 Å². The van der Waals surface area contributed by atoms with Gasteiger partial charge in [0.2, 0.25) is 5.91 Å². The Hall–Kier alpha value is -2.04. The Bertz CT molecular complexity index is 644. The fourth-order valence-corrected chi connectivity index (χ4v) is 2.26. The van der Waals surface area contributed by atoms with E-state index in [1.807, 2.05) is 61.5 Å². The summed E-state index contributed by atoms with van der Waals surface area (Å²) in [7, 11) is 1.62. The second kappa shape index (κ2) is 7.99. The van der Waals surface area contributed by atoms with Gasteiger partial charge in [0.25, 0.3) is 0 Å². The van der Waals surface area contributed by atoms with Gasteiger partial charge in [0, 0.05) is 0 Å². The Labute approximate surface area is 143 Å². The lowest BCUT2D eigenvalue weighted by Gasteiger charge is -2.26. The molecule has 23 heavy (non-hydrogen) atoms. The lowest BCUT2D eigenvalue weighted by atomic mass is 9.91. The van der Waals surface area contributed by atoms with Crippen LogP contribution in [0.3, 0.4) is 0 Å². The number of hydrogen-bond acceptors (Lipinski definition) is 3. The third kappa shape index (κ3) is 4.47. The van der Waals surface area contributed by atoms with Crippen molar-refractivity contribution in [2.24, 2.45) is 5.73 Å². The molecule has 0 aliphatic rings. The van der Waals surface area contributed by atoms with Crippen LogP contribution in [-0.4, -0.2) is 13.0 Å². The van der Waals surface area contributed by atoms with E-state index < -0.39 is 5.54 Å². The number of carbonyl (C=O) groups is 1. The average molecular weight is 335 g/mol. The number of amides is 1. The minimum atomic E-state index is -1.08. The summed E-state index contributed by atoms with van der Waals surface area (Å²) in [4.78, 5) is 12.5. The van der Waals surface area contributed by atoms with E-state index in [-0.39, 0.29) is 24.4 Å². The van der Waals surface area contributed by atoms with Gasteiger partial charge in [-0.25, -0.2) is 0 Å². The quantitative estimate of drug-likeness (QED) is 0.882. The van der Waals surface area contributed by atoms with E-state index in [1.165, 1.54) is 0 Å². The molecule has 2 atom stereocenters. The van der Waals surface area contributed by atoms with Crippen LogP contribution in [0.4, 0.5) is 0 Å². The summed E-state index contributed by atoms with van der Waals surface area (Å²) >= 11 is 0. The minimum Gasteiger partial charge on any atom is -0.497 e. The van der Waals surface area contributed by atoms with Crippen LogP contribution in [0.25, 0.3) is 0 Å². The molecule has 3 N–H and O–H groups in total. The Morgan fingerprint density at radius 2 is 1.83 bits per heavy atom. The molecule has 5 heteroatoms. The minimum absolute atomic E-state index is 0. The summed E-state index contributed by atoms with van der Waals surface area (Å²) in [5, 5.41) is 2.97. The number of benzene rings is 2. The van der Waals surface area contributed by atoms with E-state index in [2.05, 4.69) is 5.32 Å². The third-order valence-electron chi connectivity index (χ3n) is 3.79. The predicted octanol–water partition coefficient (Wildman–Crippen LogP) is 3.17. The monoisotopic (exact) mass is 334 g/mol. The first-order valence-electron chi connectivity index (χ1n) is 7.24. The van der Waals surface area contributed by atoms with Gasteiger partial charge in [0.15, 0.2) is 0 Å². The fraction of sp³-hybridized carbons (Fsp3) is 0.278. The zero-order valence-corrected chi connectivity index (χ0v) is 14.4. The topological polar surface area (TPSA) is 64.3 Å². The van der Waals surface area contributed by atoms with Crippen molar-refractivity contribution in [3.05, 3.63) is 65.7 Å². The van der Waals surface area contributed by atoms with Crippen molar-refractivity contribution in [2.75, 3.05) is 7.11 Å². The van der Waals surface area contributed by atoms with Crippen LogP contribution >= 0.6 is 12.4 Å². The first kappa shape index (κ1) is 19.0. The van der Waals surface area contributed by atoms with Gasteiger partial charge in [-0.15, -0.1) is 12.4 Å². The lowest BCUT2D eigenvalue weighted by molar-refractivity contribution is -0.126. The fourth-order valence-electron chi connectivity index (χ4n) is 2.26. The number of methoxy groups -OCH3 is 1. The molecule has 4 nitrogen and oxygen atoms in total. The van der Waals surface area contributed by atoms with Crippen molar-refractivity contribution in [1.82, 2.24) is 5.32 Å². The second-order valence-electron chi connectivity index (χ2n) is 5.54. The molecule has 0 aromatic heterocycles. The van der Waals surface area contributed by atoms with Crippen LogP contribution in [0.1, 0.15) is 31.0 Å². The van der Waals surface area contributed by atoms with Crippen LogP contribution in [0.2, 0.25) is 0 Å². The van der Waals surface area contributed by atoms with Gasteiger partial charge in [-0.3, -0.25) is 4.79 Å². The summed E-state index contributed by atoms with van der Waals surface area (Å²) in [6.45, 7) is 3.64. The molecule has 2 aromatic carbocycles. The lowest BCUT2D eigenvalue weighted by Crippen LogP contribution is -2.49. The highest BCUT2D eigenvalue weighted by Crippen LogP contribution is 2.22. The summed E-state index contributed by atoms with van der Waals surface area (Å²) in [6, 6.07) is 16.8. The summed E-state index contributed by atoms with van der Waals surface area (Å²) < 4.78 is 5.21. The normalized spacial score (nSPS) is 14.1. The van der Waals surface area contributed by atoms with E-state index >= 15 is 0 Å². The zero-order chi connectivity index (χ0) is 16.2. The number of halogens is 1. The van der Waals surface area contributed by atoms with Gasteiger partial charge < -0.3 is 15.8 Å². The molecule has 0 saturated carbocycles. The van der Waals surface area contributed by atoms with E-state index in [0.29, 0.717) is 0 Å². The maximum atomic E-state index is 12.5. The van der Waals surface area contributed by atoms with Crippen LogP contribution in [-0.2, 0) is 10.3 Å². The van der Waals surface area contributed by atoms with Crippen molar-refractivity contribution in [2.45, 2.75) is 25.4 Å². The second-order valence-corrected chi connectivity index (χ2v) is 5.54. The molecule has 0 heterocycles. The molecule has 0 radical (unpaired) electrons. The zero-order valence-electron chi connectivity index (χ0n) is 13.6. The maximum absolute atomic E-state index is 12.5. The van der Waals surface area contributed by atoms with Gasteiger partial charge in [-0.1, -0.05) is 42.5 Å². The highest BCUT2D eigenvalue weighted by atomic mass is 35.5. The molecule has 0 bridgehead atoms. The molecule has 124 valence electrons. The molecule has 2 aromatic rings. The predicted molar refractivity (Wildman–Crippen MR) is 94.8 cm³/mol. The van der Waals surface area contributed by atoms with Crippen molar-refractivity contribution in [3.8, 4) is 5.75 Å². The molecule has 0 aliphatic carbocycles. The Morgan fingerprint density at radius 3 is 2.43 bits per heavy atom. The Kier molecular flexibility index (Phi) is 6.61. The van der Waals surface area contributed by atoms with Gasteiger partial charge >= 0.3 is 0 Å². The van der Waals surface area contributed by atoms with Crippen LogP contribution in [0.5, 0.6) is 5.75 Å². The molecule has 0 aliphatic heterocycles. The summed E-state index contributed by atoms with van der Waals surface area (Å²) in [6.07, 6.45) is 0. The van der Waals surface area contributed by atoms with Crippen molar-refractivity contribution in [1.29, 1.82) is 0 Å². The number of rotatable bonds is 5. The smallest absolute Gasteiger partial charge is 0.244 e. The summed E-state index contributed by atoms with van der Waals surface area (Å²) in [5.41, 5.74) is 6.90. The third-order valence-corrected chi connectivity index (χ3v) is 3.79. The summed E-state index contributed by atoms with van der Waals surface area (Å²) in [5.74, 6) is 0.547. The number of ether oxygens (including phenoxy) is 1. The Balaban J connectivity index is 0.00000264. The van der Waals surface area contributed by atoms with Crippen LogP contribution < -0.4 is 15.8 Å². The van der Waals surface area contributed by atoms with E-state index in [0.717, 1.165) is 16.9 Å². The molecular formula is C18H23ClN2O2. The van der Waals surface area contributed by atoms with Crippen molar-refractivity contribution in [3.63, 3.8) is 0 Å². The number of nitrogens with one attached hydrogen (secondary N) is 1. The first-order chi connectivity index (χ1) is 10.4. The first-order valence-corrected chi connectivity index (χ1v) is 7.24. The standard InChI is InChI=1S/C18H22N2O2.ClH/c1-13(14-8-7-11-16(12-14)22-3)20-17(21)18(2,19)15-9-5-4-6-10-15;/h4-13H,19H2,1-3H3,(H,20,21);1H. The Morgan fingerprint density at radius 1 is 1.17 bits per heavy atom. The maximum Gasteiger partial charge on any atom is 0.244 e. The largest absolute Gasteiger partial charge is 0.497 e. The van der Waals surface area contributed by atoms with Crippen LogP contribution in [0, 0.1) is 0 Å². The van der Waals surface area contributed by atoms with Crippen LogP contribution in [0.15, 0.2) is 54.6 Å². The average Bonchev–Trinajstić information content (AvgIpc) is 2.55. The van der Waals surface area contributed by atoms with Gasteiger partial charge in [0.05, 0.1) is 13.2 Å². The van der Waals surface area contributed by atoms with E-state index in [1.54, 1.807) is 14.0 Å². The van der Waals surface area contributed by atoms with Gasteiger partial charge in [-0.2, -0.15) is 0 Å². The van der Waals surface area contributed by atoms with Gasteiger partial charge in [-0.05, 0) is 37.1 Å². The molecule has 0 saturated heterocycles. The molecule has 0 spiro atoms. The molecule has 2 rings (SSSR count). The van der Waals surface area contributed by atoms with E-state index in [4.69, 9.17) is 10.5 Å². The number of hydrogen-bond donors (Lipinski definition) is 2. The number of nitrogens with two attached hydrogens (primary N) is 1. The molecule has 1 amide bonds. The number of carbonyl (C=O) groups excluding carboxylic acids is 1. The van der Waals surface area contributed by atoms with E-state index in [9.17, 15) is 4.79 Å². The molecule has 2 unspecified atom stereocenters. The highest BCUT2D eigenvalue weighted by Gasteiger charge is 2.31.